The average Bonchev–Trinajstić information content (AvgIpc) is 3.39. The summed E-state index contributed by atoms with van der Waals surface area (Å²) in [6.45, 7) is 3.06. The highest BCUT2D eigenvalue weighted by atomic mass is 32.2. The number of fused-ring (bicyclic) bond motifs is 1. The van der Waals surface area contributed by atoms with Crippen molar-refractivity contribution < 1.29 is 17.6 Å². The smallest absolute Gasteiger partial charge is 0.278 e. The van der Waals surface area contributed by atoms with Crippen LogP contribution in [0.15, 0.2) is 41.9 Å². The molecule has 1 amide bonds. The standard InChI is InChI=1S/C21H24FN7O3S/c22-16-1-2-17-18(13-16)23-6-3-19(17)27-9-11-28(12-10-27)20(30)15-4-7-29(8-5-15)33(31,32)21-24-14-25-26-21/h1-3,6,13-15H,4-5,7-12H2,(H,24,25,26). The maximum absolute atomic E-state index is 13.5. The maximum Gasteiger partial charge on any atom is 0.278 e. The Morgan fingerprint density at radius 2 is 1.79 bits per heavy atom. The predicted molar refractivity (Wildman–Crippen MR) is 118 cm³/mol. The Kier molecular flexibility index (Phi) is 5.71. The minimum atomic E-state index is -3.71. The molecule has 0 atom stereocenters. The van der Waals surface area contributed by atoms with Crippen LogP contribution in [0.2, 0.25) is 0 Å². The van der Waals surface area contributed by atoms with Gasteiger partial charge in [0.2, 0.25) is 5.91 Å². The number of amides is 1. The molecule has 10 nitrogen and oxygen atoms in total. The van der Waals surface area contributed by atoms with E-state index in [1.807, 2.05) is 11.0 Å². The lowest BCUT2D eigenvalue weighted by Crippen LogP contribution is -2.52. The molecule has 0 radical (unpaired) electrons. The molecular weight excluding hydrogens is 449 g/mol. The van der Waals surface area contributed by atoms with Gasteiger partial charge in [0.25, 0.3) is 15.2 Å². The van der Waals surface area contributed by atoms with Gasteiger partial charge in [-0.2, -0.15) is 9.40 Å². The Bertz CT molecular complexity index is 1250. The van der Waals surface area contributed by atoms with Gasteiger partial charge in [0, 0.05) is 68.5 Å². The van der Waals surface area contributed by atoms with Crippen LogP contribution in [0, 0.1) is 11.7 Å². The molecule has 2 saturated heterocycles. The van der Waals surface area contributed by atoms with Gasteiger partial charge in [0.15, 0.2) is 0 Å². The highest BCUT2D eigenvalue weighted by molar-refractivity contribution is 7.88. The van der Waals surface area contributed by atoms with Gasteiger partial charge < -0.3 is 9.80 Å². The third-order valence-electron chi connectivity index (χ3n) is 6.39. The number of anilines is 1. The summed E-state index contributed by atoms with van der Waals surface area (Å²) in [5.74, 6) is -0.433. The number of piperazine rings is 1. The fourth-order valence-electron chi connectivity index (χ4n) is 4.59. The largest absolute Gasteiger partial charge is 0.367 e. The molecule has 2 aliphatic heterocycles. The number of nitrogens with zero attached hydrogens (tertiary/aromatic N) is 6. The number of sulfonamides is 1. The molecule has 33 heavy (non-hydrogen) atoms. The first-order valence-corrected chi connectivity index (χ1v) is 12.3. The van der Waals surface area contributed by atoms with E-state index in [2.05, 4.69) is 25.1 Å². The molecule has 174 valence electrons. The lowest BCUT2D eigenvalue weighted by Gasteiger charge is -2.39. The van der Waals surface area contributed by atoms with Gasteiger partial charge >= 0.3 is 0 Å². The number of hydrogen-bond acceptors (Lipinski definition) is 7. The SMILES string of the molecule is O=C(C1CCN(S(=O)(=O)c2ncn[nH]2)CC1)N1CCN(c2ccnc3cc(F)ccc23)CC1. The third-order valence-corrected chi connectivity index (χ3v) is 8.12. The predicted octanol–water partition coefficient (Wildman–Crippen LogP) is 1.24. The molecule has 0 saturated carbocycles. The normalized spacial score (nSPS) is 18.7. The Morgan fingerprint density at radius 3 is 2.48 bits per heavy atom. The number of nitrogens with one attached hydrogen (secondary N) is 1. The van der Waals surface area contributed by atoms with Crippen molar-refractivity contribution in [2.24, 2.45) is 5.92 Å². The second kappa shape index (κ2) is 8.67. The molecule has 0 aliphatic carbocycles. The van der Waals surface area contributed by atoms with Crippen molar-refractivity contribution in [2.75, 3.05) is 44.2 Å². The highest BCUT2D eigenvalue weighted by Gasteiger charge is 2.35. The molecular formula is C21H24FN7O3S. The molecule has 0 unspecified atom stereocenters. The lowest BCUT2D eigenvalue weighted by molar-refractivity contribution is -0.137. The van der Waals surface area contributed by atoms with Crippen molar-refractivity contribution in [3.63, 3.8) is 0 Å². The first-order valence-electron chi connectivity index (χ1n) is 10.9. The van der Waals surface area contributed by atoms with Crippen LogP contribution in [-0.2, 0) is 14.8 Å². The third kappa shape index (κ3) is 4.15. The van der Waals surface area contributed by atoms with E-state index in [9.17, 15) is 17.6 Å². The van der Waals surface area contributed by atoms with E-state index in [1.165, 1.54) is 16.4 Å². The van der Waals surface area contributed by atoms with Crippen LogP contribution < -0.4 is 4.90 Å². The van der Waals surface area contributed by atoms with Crippen LogP contribution in [0.25, 0.3) is 10.9 Å². The number of pyridine rings is 1. The summed E-state index contributed by atoms with van der Waals surface area (Å²) >= 11 is 0. The van der Waals surface area contributed by atoms with Gasteiger partial charge in [-0.1, -0.05) is 0 Å². The second-order valence-electron chi connectivity index (χ2n) is 8.27. The maximum atomic E-state index is 13.5. The molecule has 2 aliphatic rings. The summed E-state index contributed by atoms with van der Waals surface area (Å²) in [5, 5.41) is 6.72. The van der Waals surface area contributed by atoms with Crippen LogP contribution in [0.5, 0.6) is 0 Å². The molecule has 1 aromatic carbocycles. The fourth-order valence-corrected chi connectivity index (χ4v) is 5.88. The fraction of sp³-hybridized carbons (Fsp3) is 0.429. The summed E-state index contributed by atoms with van der Waals surface area (Å²) in [4.78, 5) is 25.2. The molecule has 2 fully saturated rings. The summed E-state index contributed by atoms with van der Waals surface area (Å²) in [7, 11) is -3.71. The number of aromatic nitrogens is 4. The van der Waals surface area contributed by atoms with E-state index < -0.39 is 10.0 Å². The Hall–Kier alpha value is -3.12. The number of carbonyl (C=O) groups is 1. The van der Waals surface area contributed by atoms with E-state index in [-0.39, 0.29) is 35.9 Å². The minimum absolute atomic E-state index is 0.0769. The molecule has 0 spiro atoms. The number of H-pyrrole nitrogens is 1. The molecule has 2 aromatic heterocycles. The monoisotopic (exact) mass is 473 g/mol. The lowest BCUT2D eigenvalue weighted by atomic mass is 9.96. The first kappa shape index (κ1) is 21.7. The molecule has 4 heterocycles. The van der Waals surface area contributed by atoms with Crippen LogP contribution in [-0.4, -0.2) is 83.0 Å². The van der Waals surface area contributed by atoms with Crippen molar-refractivity contribution in [3.8, 4) is 0 Å². The highest BCUT2D eigenvalue weighted by Crippen LogP contribution is 2.28. The van der Waals surface area contributed by atoms with E-state index in [4.69, 9.17) is 0 Å². The summed E-state index contributed by atoms with van der Waals surface area (Å²) in [6.07, 6.45) is 3.80. The van der Waals surface area contributed by atoms with Gasteiger partial charge in [-0.15, -0.1) is 0 Å². The van der Waals surface area contributed by atoms with Crippen LogP contribution in [0.4, 0.5) is 10.1 Å². The van der Waals surface area contributed by atoms with Gasteiger partial charge in [0.1, 0.15) is 12.1 Å². The van der Waals surface area contributed by atoms with E-state index in [0.717, 1.165) is 17.4 Å². The number of rotatable bonds is 4. The Morgan fingerprint density at radius 1 is 1.03 bits per heavy atom. The zero-order valence-electron chi connectivity index (χ0n) is 17.9. The topological polar surface area (TPSA) is 115 Å². The summed E-state index contributed by atoms with van der Waals surface area (Å²) < 4.78 is 40.1. The zero-order valence-corrected chi connectivity index (χ0v) is 18.7. The number of halogens is 1. The van der Waals surface area contributed by atoms with Gasteiger partial charge in [-0.25, -0.2) is 22.9 Å². The minimum Gasteiger partial charge on any atom is -0.367 e. The van der Waals surface area contributed by atoms with Gasteiger partial charge in [-0.05, 0) is 31.0 Å². The molecule has 3 aromatic rings. The molecule has 0 bridgehead atoms. The molecule has 12 heteroatoms. The Labute approximate surface area is 190 Å². The number of aromatic amines is 1. The molecule has 1 N–H and O–H groups in total. The van der Waals surface area contributed by atoms with E-state index >= 15 is 0 Å². The van der Waals surface area contributed by atoms with Crippen molar-refractivity contribution in [1.29, 1.82) is 0 Å². The molecule has 5 rings (SSSR count). The van der Waals surface area contributed by atoms with Gasteiger partial charge in [0.05, 0.1) is 5.52 Å². The van der Waals surface area contributed by atoms with Crippen LogP contribution in [0.3, 0.4) is 0 Å². The van der Waals surface area contributed by atoms with Crippen molar-refractivity contribution in [2.45, 2.75) is 18.0 Å². The number of benzene rings is 1. The van der Waals surface area contributed by atoms with Crippen LogP contribution in [0.1, 0.15) is 12.8 Å². The van der Waals surface area contributed by atoms with Gasteiger partial charge in [-0.3, -0.25) is 9.78 Å². The van der Waals surface area contributed by atoms with E-state index in [0.29, 0.717) is 44.5 Å². The first-order chi connectivity index (χ1) is 15.9. The summed E-state index contributed by atoms with van der Waals surface area (Å²) in [6, 6.07) is 6.52. The number of carbonyl (C=O) groups excluding carboxylic acids is 1. The van der Waals surface area contributed by atoms with Crippen molar-refractivity contribution in [3.05, 3.63) is 42.6 Å². The van der Waals surface area contributed by atoms with Crippen LogP contribution >= 0.6 is 0 Å². The number of hydrogen-bond donors (Lipinski definition) is 1. The zero-order chi connectivity index (χ0) is 23.0. The summed E-state index contributed by atoms with van der Waals surface area (Å²) in [5.41, 5.74) is 1.59. The van der Waals surface area contributed by atoms with Crippen molar-refractivity contribution >= 4 is 32.5 Å². The average molecular weight is 474 g/mol. The Balaban J connectivity index is 1.19. The second-order valence-corrected chi connectivity index (χ2v) is 10.1. The quantitative estimate of drug-likeness (QED) is 0.606. The van der Waals surface area contributed by atoms with Crippen molar-refractivity contribution in [1.82, 2.24) is 29.4 Å². The number of piperidine rings is 1. The van der Waals surface area contributed by atoms with E-state index in [1.54, 1.807) is 12.3 Å².